The highest BCUT2D eigenvalue weighted by Gasteiger charge is 2.31. The van der Waals surface area contributed by atoms with E-state index < -0.39 is 0 Å². The lowest BCUT2D eigenvalue weighted by molar-refractivity contribution is -0.146. The molecule has 108 valence electrons. The number of hydrogen-bond acceptors (Lipinski definition) is 4. The average Bonchev–Trinajstić information content (AvgIpc) is 2.89. The Morgan fingerprint density at radius 1 is 1.45 bits per heavy atom. The Balaban J connectivity index is 1.94. The van der Waals surface area contributed by atoms with Crippen molar-refractivity contribution in [2.24, 2.45) is 5.92 Å². The number of thioether (sulfide) groups is 1. The van der Waals surface area contributed by atoms with Crippen LogP contribution in [0.4, 0.5) is 0 Å². The molecule has 0 radical (unpaired) electrons. The SMILES string of the molecule is COC(=O)[C@@H](C)CN(C)C(=O)[C@@H]1Cc2ccccc2S1. The van der Waals surface area contributed by atoms with Crippen LogP contribution in [0.3, 0.4) is 0 Å². The molecule has 1 aromatic rings. The first-order chi connectivity index (χ1) is 9.52. The summed E-state index contributed by atoms with van der Waals surface area (Å²) in [6.45, 7) is 2.16. The Labute approximate surface area is 123 Å². The lowest BCUT2D eigenvalue weighted by Crippen LogP contribution is -2.39. The fourth-order valence-corrected chi connectivity index (χ4v) is 3.65. The zero-order valence-corrected chi connectivity index (χ0v) is 12.8. The van der Waals surface area contributed by atoms with Crippen LogP contribution in [-0.2, 0) is 20.7 Å². The fourth-order valence-electron chi connectivity index (χ4n) is 2.34. The molecule has 1 heterocycles. The van der Waals surface area contributed by atoms with Gasteiger partial charge in [-0.05, 0) is 18.1 Å². The second kappa shape index (κ2) is 6.31. The number of carbonyl (C=O) groups excluding carboxylic acids is 2. The van der Waals surface area contributed by atoms with E-state index in [4.69, 9.17) is 0 Å². The molecule has 20 heavy (non-hydrogen) atoms. The van der Waals surface area contributed by atoms with E-state index in [2.05, 4.69) is 10.8 Å². The lowest BCUT2D eigenvalue weighted by Gasteiger charge is -2.22. The molecular weight excluding hydrogens is 274 g/mol. The molecule has 0 saturated carbocycles. The van der Waals surface area contributed by atoms with Gasteiger partial charge in [-0.1, -0.05) is 25.1 Å². The van der Waals surface area contributed by atoms with E-state index in [0.717, 1.165) is 6.42 Å². The van der Waals surface area contributed by atoms with Crippen molar-refractivity contribution in [3.8, 4) is 0 Å². The van der Waals surface area contributed by atoms with Crippen LogP contribution >= 0.6 is 11.8 Å². The van der Waals surface area contributed by atoms with Crippen LogP contribution in [0.1, 0.15) is 12.5 Å². The second-order valence-corrected chi connectivity index (χ2v) is 6.31. The molecule has 5 heteroatoms. The van der Waals surface area contributed by atoms with Crippen LogP contribution in [0.25, 0.3) is 0 Å². The van der Waals surface area contributed by atoms with Crippen LogP contribution < -0.4 is 0 Å². The molecule has 0 unspecified atom stereocenters. The molecule has 1 aliphatic rings. The maximum absolute atomic E-state index is 12.4. The van der Waals surface area contributed by atoms with Crippen molar-refractivity contribution in [2.45, 2.75) is 23.5 Å². The van der Waals surface area contributed by atoms with Gasteiger partial charge in [-0.2, -0.15) is 0 Å². The summed E-state index contributed by atoms with van der Waals surface area (Å²) in [4.78, 5) is 26.6. The summed E-state index contributed by atoms with van der Waals surface area (Å²) in [6.07, 6.45) is 0.761. The highest BCUT2D eigenvalue weighted by molar-refractivity contribution is 8.01. The molecule has 1 amide bonds. The molecule has 0 bridgehead atoms. The number of ether oxygens (including phenoxy) is 1. The van der Waals surface area contributed by atoms with E-state index >= 15 is 0 Å². The summed E-state index contributed by atoms with van der Waals surface area (Å²) in [6, 6.07) is 8.09. The topological polar surface area (TPSA) is 46.6 Å². The summed E-state index contributed by atoms with van der Waals surface area (Å²) < 4.78 is 4.69. The third kappa shape index (κ3) is 3.15. The van der Waals surface area contributed by atoms with Gasteiger partial charge in [-0.3, -0.25) is 9.59 Å². The number of benzene rings is 1. The molecule has 0 spiro atoms. The van der Waals surface area contributed by atoms with Gasteiger partial charge in [0.05, 0.1) is 18.3 Å². The summed E-state index contributed by atoms with van der Waals surface area (Å²) in [5, 5.41) is -0.0813. The lowest BCUT2D eigenvalue weighted by atomic mass is 10.1. The van der Waals surface area contributed by atoms with E-state index in [0.29, 0.717) is 6.54 Å². The number of rotatable bonds is 4. The predicted molar refractivity (Wildman–Crippen MR) is 78.6 cm³/mol. The van der Waals surface area contributed by atoms with Crippen LogP contribution in [0.2, 0.25) is 0 Å². The molecule has 2 atom stereocenters. The van der Waals surface area contributed by atoms with Crippen molar-refractivity contribution in [3.63, 3.8) is 0 Å². The van der Waals surface area contributed by atoms with Gasteiger partial charge in [0, 0.05) is 18.5 Å². The third-order valence-corrected chi connectivity index (χ3v) is 4.76. The van der Waals surface area contributed by atoms with Crippen molar-refractivity contribution >= 4 is 23.6 Å². The Morgan fingerprint density at radius 2 is 2.15 bits per heavy atom. The molecule has 0 N–H and O–H groups in total. The number of fused-ring (bicyclic) bond motifs is 1. The first-order valence-corrected chi connectivity index (χ1v) is 7.48. The third-order valence-electron chi connectivity index (χ3n) is 3.45. The van der Waals surface area contributed by atoms with E-state index in [9.17, 15) is 9.59 Å². The van der Waals surface area contributed by atoms with Gasteiger partial charge >= 0.3 is 5.97 Å². The van der Waals surface area contributed by atoms with Crippen molar-refractivity contribution in [1.82, 2.24) is 4.90 Å². The first kappa shape index (κ1) is 14.9. The minimum atomic E-state index is -0.303. The summed E-state index contributed by atoms with van der Waals surface area (Å²) in [7, 11) is 3.11. The number of esters is 1. The molecule has 1 aromatic carbocycles. The summed E-state index contributed by atoms with van der Waals surface area (Å²) in [5.74, 6) is -0.517. The monoisotopic (exact) mass is 293 g/mol. The number of carbonyl (C=O) groups is 2. The molecule has 2 rings (SSSR count). The minimum absolute atomic E-state index is 0.0713. The smallest absolute Gasteiger partial charge is 0.310 e. The minimum Gasteiger partial charge on any atom is -0.469 e. The zero-order valence-electron chi connectivity index (χ0n) is 12.0. The van der Waals surface area contributed by atoms with E-state index in [1.54, 1.807) is 30.6 Å². The van der Waals surface area contributed by atoms with E-state index in [1.807, 2.05) is 18.2 Å². The van der Waals surface area contributed by atoms with Gasteiger partial charge in [0.2, 0.25) is 5.91 Å². The second-order valence-electron chi connectivity index (χ2n) is 5.06. The molecule has 0 aliphatic carbocycles. The highest BCUT2D eigenvalue weighted by atomic mass is 32.2. The van der Waals surface area contributed by atoms with Crippen LogP contribution in [0.15, 0.2) is 29.2 Å². The van der Waals surface area contributed by atoms with E-state index in [1.165, 1.54) is 17.6 Å². The van der Waals surface area contributed by atoms with Crippen LogP contribution in [-0.4, -0.2) is 42.7 Å². The summed E-state index contributed by atoms with van der Waals surface area (Å²) in [5.41, 5.74) is 1.23. The van der Waals surface area contributed by atoms with Crippen LogP contribution in [0.5, 0.6) is 0 Å². The molecule has 0 fully saturated rings. The van der Waals surface area contributed by atoms with Gasteiger partial charge in [-0.15, -0.1) is 11.8 Å². The number of amides is 1. The maximum Gasteiger partial charge on any atom is 0.310 e. The normalized spacial score (nSPS) is 18.2. The Morgan fingerprint density at radius 3 is 2.80 bits per heavy atom. The summed E-state index contributed by atoms with van der Waals surface area (Å²) >= 11 is 1.61. The van der Waals surface area contributed by atoms with Crippen molar-refractivity contribution in [2.75, 3.05) is 20.7 Å². The Kier molecular flexibility index (Phi) is 4.70. The Hall–Kier alpha value is -1.49. The predicted octanol–water partition coefficient (Wildman–Crippen LogP) is 1.97. The molecule has 1 aliphatic heterocycles. The largest absolute Gasteiger partial charge is 0.469 e. The van der Waals surface area contributed by atoms with Gasteiger partial charge < -0.3 is 9.64 Å². The molecule has 0 saturated heterocycles. The number of methoxy groups -OCH3 is 1. The number of nitrogens with zero attached hydrogens (tertiary/aromatic N) is 1. The Bertz CT molecular complexity index is 493. The van der Waals surface area contributed by atoms with Crippen LogP contribution in [0, 0.1) is 5.92 Å². The highest BCUT2D eigenvalue weighted by Crippen LogP contribution is 2.37. The van der Waals surface area contributed by atoms with E-state index in [-0.39, 0.29) is 23.0 Å². The maximum atomic E-state index is 12.4. The molecule has 0 aromatic heterocycles. The van der Waals surface area contributed by atoms with Gasteiger partial charge in [-0.25, -0.2) is 0 Å². The quantitative estimate of drug-likeness (QED) is 0.796. The molecule has 4 nitrogen and oxygen atoms in total. The first-order valence-electron chi connectivity index (χ1n) is 6.60. The fraction of sp³-hybridized carbons (Fsp3) is 0.467. The van der Waals surface area contributed by atoms with Crippen molar-refractivity contribution in [1.29, 1.82) is 0 Å². The van der Waals surface area contributed by atoms with Gasteiger partial charge in [0.1, 0.15) is 0 Å². The van der Waals surface area contributed by atoms with Crippen molar-refractivity contribution in [3.05, 3.63) is 29.8 Å². The number of hydrogen-bond donors (Lipinski definition) is 0. The average molecular weight is 293 g/mol. The van der Waals surface area contributed by atoms with Gasteiger partial charge in [0.25, 0.3) is 0 Å². The van der Waals surface area contributed by atoms with Crippen molar-refractivity contribution < 1.29 is 14.3 Å². The molecular formula is C15H19NO3S. The standard InChI is InChI=1S/C15H19NO3S/c1-10(15(18)19-3)9-16(2)14(17)13-8-11-6-4-5-7-12(11)20-13/h4-7,10,13H,8-9H2,1-3H3/t10-,13-/m0/s1. The van der Waals surface area contributed by atoms with Gasteiger partial charge in [0.15, 0.2) is 0 Å². The zero-order chi connectivity index (χ0) is 14.7.